The summed E-state index contributed by atoms with van der Waals surface area (Å²) in [6.07, 6.45) is 0. The fraction of sp³-hybridized carbons (Fsp3) is 0. The van der Waals surface area contributed by atoms with Crippen LogP contribution in [0.15, 0.2) is 64.9 Å². The van der Waals surface area contributed by atoms with Crippen molar-refractivity contribution < 1.29 is 8.83 Å². The topological polar surface area (TPSA) is 73.3 Å². The minimum absolute atomic E-state index is 0.0599. The van der Waals surface area contributed by atoms with Crippen molar-refractivity contribution in [2.75, 3.05) is 0 Å². The van der Waals surface area contributed by atoms with Crippen LogP contribution in [0.3, 0.4) is 0 Å². The summed E-state index contributed by atoms with van der Waals surface area (Å²) in [6.45, 7) is 0. The number of aromatic nitrogens is 1. The molecule has 0 fully saturated rings. The summed E-state index contributed by atoms with van der Waals surface area (Å²) < 4.78 is 10.0. The lowest BCUT2D eigenvalue weighted by atomic mass is 10.3. The number of rotatable bonds is 2. The predicted molar refractivity (Wildman–Crippen MR) is 74.4 cm³/mol. The Morgan fingerprint density at radius 1 is 1.10 bits per heavy atom. The van der Waals surface area contributed by atoms with Crippen molar-refractivity contribution in [3.63, 3.8) is 0 Å². The van der Waals surface area contributed by atoms with Gasteiger partial charge in [-0.15, -0.1) is 0 Å². The molecule has 5 nitrogen and oxygen atoms in total. The molecule has 2 aromatic heterocycles. The van der Waals surface area contributed by atoms with E-state index in [4.69, 9.17) is 16.0 Å². The average molecular weight is 308 g/mol. The lowest BCUT2D eigenvalue weighted by Crippen LogP contribution is -2.15. The summed E-state index contributed by atoms with van der Waals surface area (Å²) in [5.41, 5.74) is -1.50. The quantitative estimate of drug-likeness (QED) is 0.724. The summed E-state index contributed by atoms with van der Waals surface area (Å²) in [4.78, 5) is 27.9. The highest BCUT2D eigenvalue weighted by Gasteiger charge is 2.13. The number of hydrogen-bond acceptors (Lipinski definition) is 6. The summed E-state index contributed by atoms with van der Waals surface area (Å²) in [5.74, 6) is 0. The van der Waals surface area contributed by atoms with Gasteiger partial charge in [0.25, 0.3) is 10.8 Å². The Morgan fingerprint density at radius 3 is 2.60 bits per heavy atom. The van der Waals surface area contributed by atoms with E-state index in [1.165, 1.54) is 17.8 Å². The van der Waals surface area contributed by atoms with Gasteiger partial charge in [0, 0.05) is 11.0 Å². The fourth-order valence-electron chi connectivity index (χ4n) is 1.61. The Labute approximate surface area is 121 Å². The minimum Gasteiger partial charge on any atom is -0.432 e. The second-order valence-electron chi connectivity index (χ2n) is 3.78. The summed E-state index contributed by atoms with van der Waals surface area (Å²) in [5, 5.41) is -0.255. The van der Waals surface area contributed by atoms with Gasteiger partial charge in [-0.2, -0.15) is 4.98 Å². The molecule has 1 aromatic carbocycles. The summed E-state index contributed by atoms with van der Waals surface area (Å²) in [7, 11) is 0. The van der Waals surface area contributed by atoms with Crippen LogP contribution in [0.2, 0.25) is 5.22 Å². The van der Waals surface area contributed by atoms with Gasteiger partial charge in [-0.05, 0) is 35.5 Å². The lowest BCUT2D eigenvalue weighted by molar-refractivity contribution is 0.450. The zero-order valence-electron chi connectivity index (χ0n) is 9.83. The van der Waals surface area contributed by atoms with Gasteiger partial charge in [-0.3, -0.25) is 4.79 Å². The molecule has 7 heteroatoms. The van der Waals surface area contributed by atoms with Crippen LogP contribution in [0.4, 0.5) is 0 Å². The summed E-state index contributed by atoms with van der Waals surface area (Å²) >= 11 is 6.81. The van der Waals surface area contributed by atoms with Crippen LogP contribution in [-0.4, -0.2) is 4.98 Å². The number of hydrogen-bond donors (Lipinski definition) is 0. The molecule has 3 rings (SSSR count). The second kappa shape index (κ2) is 5.15. The van der Waals surface area contributed by atoms with Gasteiger partial charge in [0.2, 0.25) is 5.22 Å². The number of nitrogens with zero attached hydrogens (tertiary/aromatic N) is 1. The van der Waals surface area contributed by atoms with Crippen molar-refractivity contribution in [1.29, 1.82) is 0 Å². The third-order valence-electron chi connectivity index (χ3n) is 2.44. The first-order valence-corrected chi connectivity index (χ1v) is 6.70. The van der Waals surface area contributed by atoms with Crippen LogP contribution in [0.5, 0.6) is 0 Å². The van der Waals surface area contributed by atoms with Crippen LogP contribution < -0.4 is 11.2 Å². The van der Waals surface area contributed by atoms with E-state index < -0.39 is 11.2 Å². The van der Waals surface area contributed by atoms with E-state index >= 15 is 0 Å². The van der Waals surface area contributed by atoms with Gasteiger partial charge in [-0.1, -0.05) is 18.2 Å². The molecule has 0 unspecified atom stereocenters. The SMILES string of the molecule is O=c1nc(Sc2ccccc2)oc2cc(Cl)oc(=O)c12. The molecule has 100 valence electrons. The monoisotopic (exact) mass is 307 g/mol. The van der Waals surface area contributed by atoms with E-state index in [2.05, 4.69) is 9.40 Å². The molecule has 0 aliphatic rings. The molecular formula is C13H6ClNO4S. The van der Waals surface area contributed by atoms with Crippen molar-refractivity contribution in [3.05, 3.63) is 62.4 Å². The molecule has 0 amide bonds. The predicted octanol–water partition coefficient (Wildman–Crippen LogP) is 2.95. The maximum atomic E-state index is 11.8. The molecule has 0 saturated carbocycles. The molecule has 20 heavy (non-hydrogen) atoms. The van der Waals surface area contributed by atoms with Crippen LogP contribution in [0, 0.1) is 0 Å². The number of benzene rings is 1. The molecule has 0 aliphatic carbocycles. The molecular weight excluding hydrogens is 302 g/mol. The fourth-order valence-corrected chi connectivity index (χ4v) is 2.53. The third kappa shape index (κ3) is 2.48. The summed E-state index contributed by atoms with van der Waals surface area (Å²) in [6, 6.07) is 10.6. The maximum absolute atomic E-state index is 11.8. The molecule has 3 aromatic rings. The van der Waals surface area contributed by atoms with Crippen molar-refractivity contribution in [1.82, 2.24) is 4.98 Å². The number of fused-ring (bicyclic) bond motifs is 1. The van der Waals surface area contributed by atoms with Crippen molar-refractivity contribution in [2.24, 2.45) is 0 Å². The van der Waals surface area contributed by atoms with Crippen molar-refractivity contribution in [3.8, 4) is 0 Å². The molecule has 0 aliphatic heterocycles. The Morgan fingerprint density at radius 2 is 1.85 bits per heavy atom. The third-order valence-corrected chi connectivity index (χ3v) is 3.48. The van der Waals surface area contributed by atoms with Gasteiger partial charge >= 0.3 is 5.63 Å². The zero-order chi connectivity index (χ0) is 14.1. The smallest absolute Gasteiger partial charge is 0.353 e. The van der Waals surface area contributed by atoms with E-state index in [1.807, 2.05) is 30.3 Å². The molecule has 0 radical (unpaired) electrons. The zero-order valence-corrected chi connectivity index (χ0v) is 11.4. The highest BCUT2D eigenvalue weighted by atomic mass is 35.5. The maximum Gasteiger partial charge on any atom is 0.353 e. The van der Waals surface area contributed by atoms with Gasteiger partial charge in [0.05, 0.1) is 0 Å². The Kier molecular flexibility index (Phi) is 3.33. The highest BCUT2D eigenvalue weighted by Crippen LogP contribution is 2.26. The van der Waals surface area contributed by atoms with E-state index in [9.17, 15) is 9.59 Å². The Hall–Kier alpha value is -2.05. The first-order valence-electron chi connectivity index (χ1n) is 5.51. The standard InChI is InChI=1S/C13H6ClNO4S/c14-9-6-8-10(12(17)19-9)11(16)15-13(18-8)20-7-4-2-1-3-5-7/h1-6H. The van der Waals surface area contributed by atoms with Crippen molar-refractivity contribution >= 4 is 34.3 Å². The highest BCUT2D eigenvalue weighted by molar-refractivity contribution is 7.99. The normalized spacial score (nSPS) is 10.8. The van der Waals surface area contributed by atoms with Crippen LogP contribution in [-0.2, 0) is 0 Å². The van der Waals surface area contributed by atoms with E-state index in [0.29, 0.717) is 0 Å². The molecule has 0 atom stereocenters. The Bertz CT molecular complexity index is 888. The van der Waals surface area contributed by atoms with Gasteiger partial charge in [0.15, 0.2) is 11.0 Å². The molecule has 0 saturated heterocycles. The van der Waals surface area contributed by atoms with Gasteiger partial charge in [0.1, 0.15) is 0 Å². The minimum atomic E-state index is -0.856. The first-order chi connectivity index (χ1) is 9.63. The van der Waals surface area contributed by atoms with Crippen LogP contribution in [0.1, 0.15) is 0 Å². The second-order valence-corrected chi connectivity index (χ2v) is 5.17. The molecule has 2 heterocycles. The number of halogens is 1. The molecule has 0 spiro atoms. The van der Waals surface area contributed by atoms with Crippen LogP contribution >= 0.6 is 23.4 Å². The average Bonchev–Trinajstić information content (AvgIpc) is 2.38. The lowest BCUT2D eigenvalue weighted by Gasteiger charge is -2.01. The molecule has 0 N–H and O–H groups in total. The van der Waals surface area contributed by atoms with E-state index in [-0.39, 0.29) is 21.4 Å². The van der Waals surface area contributed by atoms with Crippen LogP contribution in [0.25, 0.3) is 11.0 Å². The van der Waals surface area contributed by atoms with Gasteiger partial charge < -0.3 is 8.83 Å². The molecule has 0 bridgehead atoms. The Balaban J connectivity index is 2.15. The van der Waals surface area contributed by atoms with E-state index in [1.54, 1.807) is 0 Å². The van der Waals surface area contributed by atoms with E-state index in [0.717, 1.165) is 4.90 Å². The van der Waals surface area contributed by atoms with Gasteiger partial charge in [-0.25, -0.2) is 4.79 Å². The van der Waals surface area contributed by atoms with Crippen molar-refractivity contribution in [2.45, 2.75) is 10.1 Å². The largest absolute Gasteiger partial charge is 0.432 e. The first kappa shape index (κ1) is 13.0.